The number of rotatable bonds is 27. The maximum atomic E-state index is 13.5. The fourth-order valence-corrected chi connectivity index (χ4v) is 8.31. The van der Waals surface area contributed by atoms with E-state index in [0.29, 0.717) is 54.1 Å². The highest BCUT2D eigenvalue weighted by molar-refractivity contribution is 6.01. The van der Waals surface area contributed by atoms with Gasteiger partial charge in [-0.1, -0.05) is 54.6 Å². The molecule has 0 radical (unpaired) electrons. The smallest absolute Gasteiger partial charge is 0.184 e. The van der Waals surface area contributed by atoms with Crippen LogP contribution in [-0.4, -0.2) is 72.6 Å². The number of carbonyl (C=O) groups is 2. The van der Waals surface area contributed by atoms with Gasteiger partial charge < -0.3 is 40.6 Å². The molecule has 5 rings (SSSR count). The SMILES string of the molecule is C=CCCCCOC1CCC(COc2ccc(/C=C/C(=O)C(O)C(c3ccc(N)cc3N)C(O)C(=O)/C=C/c3ccc(OCC4CCC(OCCCCC=C)CC4)cc3)cc2)CC1. The molecular formula is C53H70N2O8. The third kappa shape index (κ3) is 16.6. The van der Waals surface area contributed by atoms with E-state index in [2.05, 4.69) is 13.2 Å². The van der Waals surface area contributed by atoms with E-state index in [4.69, 9.17) is 30.4 Å². The number of aliphatic hydroxyl groups excluding tert-OH is 2. The van der Waals surface area contributed by atoms with E-state index in [9.17, 15) is 19.8 Å². The number of hydrogen-bond donors (Lipinski definition) is 4. The molecule has 0 spiro atoms. The summed E-state index contributed by atoms with van der Waals surface area (Å²) < 4.78 is 24.3. The first-order chi connectivity index (χ1) is 30.6. The van der Waals surface area contributed by atoms with Crippen LogP contribution in [0.1, 0.15) is 112 Å². The highest BCUT2D eigenvalue weighted by Crippen LogP contribution is 2.33. The molecule has 3 aromatic rings. The van der Waals surface area contributed by atoms with Gasteiger partial charge in [-0.05, 0) is 167 Å². The lowest BCUT2D eigenvalue weighted by Gasteiger charge is -2.28. The number of benzene rings is 3. The first-order valence-electron chi connectivity index (χ1n) is 23.0. The first kappa shape index (κ1) is 49.0. The third-order valence-corrected chi connectivity index (χ3v) is 12.2. The number of anilines is 2. The standard InChI is InChI=1S/C53H70N2O8/c1-3-5-7-9-33-60-43-26-15-40(16-27-43)36-62-45-22-11-38(12-23-45)19-31-49(56)52(58)51(47-30-21-42(54)35-48(47)55)53(59)50(57)32-20-39-13-24-46(25-14-39)63-37-41-17-28-44(29-18-41)61-34-10-8-6-4-2/h3-4,11-14,19-25,30-32,35,40-41,43-44,51-53,58-59H,1-2,5-10,15-18,26-29,33-34,36-37,54-55H2/b31-19+,32-20+. The summed E-state index contributed by atoms with van der Waals surface area (Å²) in [6, 6.07) is 19.3. The number of unbranched alkanes of at least 4 members (excludes halogenated alkanes) is 4. The molecule has 2 saturated carbocycles. The Bertz CT molecular complexity index is 1800. The molecule has 2 atom stereocenters. The van der Waals surface area contributed by atoms with Crippen molar-refractivity contribution in [3.05, 3.63) is 121 Å². The van der Waals surface area contributed by atoms with Gasteiger partial charge in [0.25, 0.3) is 0 Å². The molecule has 2 aliphatic rings. The van der Waals surface area contributed by atoms with E-state index in [1.54, 1.807) is 18.2 Å². The number of aliphatic hydroxyl groups is 2. The van der Waals surface area contributed by atoms with Crippen molar-refractivity contribution in [3.63, 3.8) is 0 Å². The maximum absolute atomic E-state index is 13.5. The Balaban J connectivity index is 1.10. The van der Waals surface area contributed by atoms with E-state index in [0.717, 1.165) is 115 Å². The van der Waals surface area contributed by atoms with Crippen LogP contribution < -0.4 is 20.9 Å². The zero-order valence-electron chi connectivity index (χ0n) is 37.0. The number of ketones is 2. The molecule has 10 heteroatoms. The van der Waals surface area contributed by atoms with Crippen LogP contribution >= 0.6 is 0 Å². The molecule has 2 fully saturated rings. The molecule has 0 aromatic heterocycles. The van der Waals surface area contributed by atoms with Crippen LogP contribution in [-0.2, 0) is 19.1 Å². The Hall–Kier alpha value is -5.00. The van der Waals surface area contributed by atoms with Gasteiger partial charge in [-0.15, -0.1) is 13.2 Å². The monoisotopic (exact) mass is 863 g/mol. The normalized spacial score (nSPS) is 20.5. The summed E-state index contributed by atoms with van der Waals surface area (Å²) >= 11 is 0. The van der Waals surface area contributed by atoms with E-state index in [1.807, 2.05) is 60.7 Å². The molecule has 10 nitrogen and oxygen atoms in total. The molecule has 0 saturated heterocycles. The molecule has 2 aliphatic carbocycles. The minimum Gasteiger partial charge on any atom is -0.493 e. The van der Waals surface area contributed by atoms with Gasteiger partial charge in [0.2, 0.25) is 0 Å². The van der Waals surface area contributed by atoms with Crippen molar-refractivity contribution in [2.45, 2.75) is 120 Å². The average molecular weight is 863 g/mol. The number of allylic oxidation sites excluding steroid dienone is 2. The minimum absolute atomic E-state index is 0.144. The lowest BCUT2D eigenvalue weighted by Crippen LogP contribution is -2.39. The topological polar surface area (TPSA) is 164 Å². The molecule has 63 heavy (non-hydrogen) atoms. The van der Waals surface area contributed by atoms with Crippen molar-refractivity contribution < 1.29 is 38.7 Å². The number of carbonyl (C=O) groups excluding carboxylic acids is 2. The van der Waals surface area contributed by atoms with Crippen LogP contribution in [0.5, 0.6) is 11.5 Å². The Kier molecular flexibility index (Phi) is 20.7. The van der Waals surface area contributed by atoms with Crippen LogP contribution in [0.25, 0.3) is 12.2 Å². The van der Waals surface area contributed by atoms with Gasteiger partial charge in [0.15, 0.2) is 11.6 Å². The van der Waals surface area contributed by atoms with E-state index in [-0.39, 0.29) is 11.3 Å². The van der Waals surface area contributed by atoms with Crippen LogP contribution in [0.3, 0.4) is 0 Å². The minimum atomic E-state index is -1.79. The van der Waals surface area contributed by atoms with Crippen molar-refractivity contribution in [3.8, 4) is 11.5 Å². The summed E-state index contributed by atoms with van der Waals surface area (Å²) in [7, 11) is 0. The van der Waals surface area contributed by atoms with Crippen molar-refractivity contribution in [1.82, 2.24) is 0 Å². The molecule has 340 valence electrons. The zero-order valence-corrected chi connectivity index (χ0v) is 37.0. The Labute approximate surface area is 375 Å². The van der Waals surface area contributed by atoms with Gasteiger partial charge in [-0.2, -0.15) is 0 Å². The second-order valence-corrected chi connectivity index (χ2v) is 17.1. The summed E-state index contributed by atoms with van der Waals surface area (Å²) in [6.45, 7) is 10.4. The van der Waals surface area contributed by atoms with E-state index in [1.165, 1.54) is 24.3 Å². The molecule has 0 heterocycles. The fourth-order valence-electron chi connectivity index (χ4n) is 8.31. The zero-order chi connectivity index (χ0) is 44.8. The van der Waals surface area contributed by atoms with E-state index >= 15 is 0 Å². The van der Waals surface area contributed by atoms with Gasteiger partial charge >= 0.3 is 0 Å². The summed E-state index contributed by atoms with van der Waals surface area (Å²) in [6.07, 6.45) is 21.6. The molecule has 0 amide bonds. The summed E-state index contributed by atoms with van der Waals surface area (Å²) in [5.74, 6) is -0.335. The molecule has 3 aromatic carbocycles. The third-order valence-electron chi connectivity index (χ3n) is 12.2. The molecule has 6 N–H and O–H groups in total. The van der Waals surface area contributed by atoms with Crippen LogP contribution in [0.2, 0.25) is 0 Å². The Morgan fingerprint density at radius 3 is 1.44 bits per heavy atom. The summed E-state index contributed by atoms with van der Waals surface area (Å²) in [5, 5.41) is 22.8. The lowest BCUT2D eigenvalue weighted by atomic mass is 9.83. The quantitative estimate of drug-likeness (QED) is 0.0251. The molecule has 0 aliphatic heterocycles. The summed E-state index contributed by atoms with van der Waals surface area (Å²) in [4.78, 5) is 26.9. The van der Waals surface area contributed by atoms with Crippen molar-refractivity contribution in [1.29, 1.82) is 0 Å². The largest absolute Gasteiger partial charge is 0.493 e. The second-order valence-electron chi connectivity index (χ2n) is 17.1. The van der Waals surface area contributed by atoms with Crippen LogP contribution in [0, 0.1) is 11.8 Å². The van der Waals surface area contributed by atoms with Gasteiger partial charge in [-0.25, -0.2) is 0 Å². The van der Waals surface area contributed by atoms with Crippen LogP contribution in [0.15, 0.2) is 104 Å². The van der Waals surface area contributed by atoms with Gasteiger partial charge in [0, 0.05) is 24.6 Å². The van der Waals surface area contributed by atoms with Gasteiger partial charge in [0.05, 0.1) is 31.3 Å². The van der Waals surface area contributed by atoms with E-state index < -0.39 is 29.7 Å². The van der Waals surface area contributed by atoms with Gasteiger partial charge in [-0.3, -0.25) is 9.59 Å². The Morgan fingerprint density at radius 2 is 1.05 bits per heavy atom. The Morgan fingerprint density at radius 1 is 0.619 bits per heavy atom. The lowest BCUT2D eigenvalue weighted by molar-refractivity contribution is -0.130. The highest BCUT2D eigenvalue weighted by Gasteiger charge is 2.37. The number of nitrogen functional groups attached to an aromatic ring is 2. The fraction of sp³-hybridized carbons (Fsp3) is 0.472. The van der Waals surface area contributed by atoms with Gasteiger partial charge in [0.1, 0.15) is 23.7 Å². The first-order valence-corrected chi connectivity index (χ1v) is 23.0. The van der Waals surface area contributed by atoms with Crippen LogP contribution in [0.4, 0.5) is 11.4 Å². The second kappa shape index (κ2) is 26.6. The highest BCUT2D eigenvalue weighted by atomic mass is 16.5. The van der Waals surface area contributed by atoms with Crippen molar-refractivity contribution in [2.75, 3.05) is 37.9 Å². The predicted molar refractivity (Wildman–Crippen MR) is 253 cm³/mol. The summed E-state index contributed by atoms with van der Waals surface area (Å²) in [5.41, 5.74) is 14.4. The molecule has 0 bridgehead atoms. The predicted octanol–water partition coefficient (Wildman–Crippen LogP) is 9.84. The maximum Gasteiger partial charge on any atom is 0.184 e. The average Bonchev–Trinajstić information content (AvgIpc) is 3.30. The van der Waals surface area contributed by atoms with Crippen molar-refractivity contribution in [2.24, 2.45) is 11.8 Å². The number of ether oxygens (including phenoxy) is 4. The number of nitrogens with two attached hydrogens (primary N) is 2. The number of hydrogen-bond acceptors (Lipinski definition) is 10. The molecule has 2 unspecified atom stereocenters. The molecular weight excluding hydrogens is 793 g/mol. The van der Waals surface area contributed by atoms with Crippen molar-refractivity contribution >= 4 is 35.1 Å².